The van der Waals surface area contributed by atoms with E-state index in [1.165, 1.54) is 0 Å². The topological polar surface area (TPSA) is 46.5 Å². The van der Waals surface area contributed by atoms with Crippen LogP contribution in [0.5, 0.6) is 17.2 Å². The van der Waals surface area contributed by atoms with Crippen molar-refractivity contribution in [1.29, 1.82) is 0 Å². The average molecular weight is 525 g/mol. The number of carbonyl (C=O) groups is 1. The van der Waals surface area contributed by atoms with Crippen molar-refractivity contribution >= 4 is 49.2 Å². The van der Waals surface area contributed by atoms with Gasteiger partial charge in [-0.05, 0) is 76.8 Å². The molecule has 0 amide bonds. The minimum atomic E-state index is -0.118. The van der Waals surface area contributed by atoms with Gasteiger partial charge >= 0.3 is 0 Å². The molecule has 0 atom stereocenters. The molecular weight excluding hydrogens is 508 g/mol. The molecule has 28 heavy (non-hydrogen) atoms. The van der Waals surface area contributed by atoms with E-state index in [1.807, 2.05) is 42.5 Å². The van der Waals surface area contributed by atoms with Crippen molar-refractivity contribution < 1.29 is 14.6 Å². The summed E-state index contributed by atoms with van der Waals surface area (Å²) in [5, 5.41) is 10.7. The Balaban J connectivity index is 1.69. The van der Waals surface area contributed by atoms with Crippen molar-refractivity contribution in [3.63, 3.8) is 0 Å². The largest absolute Gasteiger partial charge is 0.506 e. The van der Waals surface area contributed by atoms with Crippen LogP contribution in [0, 0.1) is 0 Å². The third-order valence-corrected chi connectivity index (χ3v) is 5.47. The summed E-state index contributed by atoms with van der Waals surface area (Å²) < 4.78 is 7.18. The lowest BCUT2D eigenvalue weighted by molar-refractivity contribution is 0.0977. The van der Waals surface area contributed by atoms with Crippen LogP contribution in [0.15, 0.2) is 69.6 Å². The smallest absolute Gasteiger partial charge is 0.166 e. The average Bonchev–Trinajstić information content (AvgIpc) is 2.67. The van der Waals surface area contributed by atoms with Crippen LogP contribution in [0.1, 0.15) is 28.8 Å². The zero-order valence-corrected chi connectivity index (χ0v) is 18.7. The van der Waals surface area contributed by atoms with Crippen molar-refractivity contribution in [1.82, 2.24) is 0 Å². The highest BCUT2D eigenvalue weighted by Crippen LogP contribution is 2.33. The summed E-state index contributed by atoms with van der Waals surface area (Å²) in [7, 11) is 0. The summed E-state index contributed by atoms with van der Waals surface area (Å²) in [5.74, 6) is 1.30. The lowest BCUT2D eigenvalue weighted by atomic mass is 10.0. The van der Waals surface area contributed by atoms with Gasteiger partial charge in [-0.2, -0.15) is 0 Å². The lowest BCUT2D eigenvalue weighted by Gasteiger charge is -2.12. The third kappa shape index (κ3) is 5.37. The van der Waals surface area contributed by atoms with Crippen LogP contribution in [-0.2, 0) is 6.42 Å². The quantitative estimate of drug-likeness (QED) is 0.324. The van der Waals surface area contributed by atoms with Gasteiger partial charge in [0.25, 0.3) is 0 Å². The number of ether oxygens (including phenoxy) is 1. The number of carbonyl (C=O) groups excluding carboxylic acids is 1. The maximum Gasteiger partial charge on any atom is 0.166 e. The highest BCUT2D eigenvalue weighted by molar-refractivity contribution is 9.11. The van der Waals surface area contributed by atoms with Gasteiger partial charge in [-0.15, -0.1) is 0 Å². The highest BCUT2D eigenvalue weighted by Gasteiger charge is 2.15. The number of para-hydroxylation sites is 1. The number of benzene rings is 3. The van der Waals surface area contributed by atoms with Crippen LogP contribution in [0.25, 0.3) is 0 Å². The molecule has 0 fully saturated rings. The fourth-order valence-corrected chi connectivity index (χ4v) is 4.23. The number of ketones is 1. The molecule has 6 heteroatoms. The molecule has 3 nitrogen and oxygen atoms in total. The second-order valence-electron chi connectivity index (χ2n) is 6.23. The number of phenols is 1. The lowest BCUT2D eigenvalue weighted by Crippen LogP contribution is -2.02. The van der Waals surface area contributed by atoms with Gasteiger partial charge in [-0.3, -0.25) is 4.79 Å². The molecule has 0 spiro atoms. The number of Topliss-reactive ketones (excluding diaryl/α,β-unsaturated/α-hetero) is 1. The van der Waals surface area contributed by atoms with Gasteiger partial charge < -0.3 is 9.84 Å². The van der Waals surface area contributed by atoms with E-state index in [2.05, 4.69) is 31.9 Å². The van der Waals surface area contributed by atoms with E-state index in [4.69, 9.17) is 16.3 Å². The number of hydrogen-bond acceptors (Lipinski definition) is 3. The second-order valence-corrected chi connectivity index (χ2v) is 8.43. The fraction of sp³-hybridized carbons (Fsp3) is 0.136. The Kier molecular flexibility index (Phi) is 7.16. The maximum absolute atomic E-state index is 12.5. The number of hydrogen-bond donors (Lipinski definition) is 1. The minimum absolute atomic E-state index is 0.0379. The Labute approximate surface area is 185 Å². The van der Waals surface area contributed by atoms with E-state index in [9.17, 15) is 9.90 Å². The highest BCUT2D eigenvalue weighted by atomic mass is 79.9. The van der Waals surface area contributed by atoms with Gasteiger partial charge in [0.05, 0.1) is 10.0 Å². The third-order valence-electron chi connectivity index (χ3n) is 4.17. The molecule has 0 saturated heterocycles. The summed E-state index contributed by atoms with van der Waals surface area (Å²) in [6.07, 6.45) is 1.53. The maximum atomic E-state index is 12.5. The van der Waals surface area contributed by atoms with Crippen LogP contribution in [0.4, 0.5) is 0 Å². The van der Waals surface area contributed by atoms with Crippen LogP contribution >= 0.6 is 43.5 Å². The predicted octanol–water partition coefficient (Wildman–Crippen LogP) is 7.57. The molecular formula is C22H17Br2ClO3. The molecule has 0 saturated carbocycles. The van der Waals surface area contributed by atoms with Crippen molar-refractivity contribution in [2.24, 2.45) is 0 Å². The minimum Gasteiger partial charge on any atom is -0.506 e. The molecule has 3 rings (SSSR count). The number of rotatable bonds is 7. The summed E-state index contributed by atoms with van der Waals surface area (Å²) >= 11 is 12.7. The molecule has 3 aromatic carbocycles. The first-order valence-electron chi connectivity index (χ1n) is 8.66. The fourth-order valence-electron chi connectivity index (χ4n) is 2.81. The molecule has 0 radical (unpaired) electrons. The monoisotopic (exact) mass is 522 g/mol. The van der Waals surface area contributed by atoms with E-state index in [1.54, 1.807) is 18.2 Å². The van der Waals surface area contributed by atoms with Crippen molar-refractivity contribution in [3.05, 3.63) is 85.8 Å². The number of halogens is 3. The first-order valence-corrected chi connectivity index (χ1v) is 10.6. The van der Waals surface area contributed by atoms with Crippen molar-refractivity contribution in [3.8, 4) is 17.2 Å². The van der Waals surface area contributed by atoms with Crippen LogP contribution < -0.4 is 4.74 Å². The Morgan fingerprint density at radius 2 is 1.79 bits per heavy atom. The standard InChI is InChI=1S/C22H17Br2ClO3/c23-15-12-18(22(27)19(24)13-15)20(26)8-4-5-14-11-16(25)9-10-21(14)28-17-6-2-1-3-7-17/h1-3,6-7,9-13,27H,4-5,8H2. The first kappa shape index (κ1) is 20.9. The molecule has 1 N–H and O–H groups in total. The van der Waals surface area contributed by atoms with E-state index < -0.39 is 0 Å². The summed E-state index contributed by atoms with van der Waals surface area (Å²) in [6, 6.07) is 18.3. The Hall–Kier alpha value is -1.82. The van der Waals surface area contributed by atoms with Gasteiger partial charge in [0.2, 0.25) is 0 Å². The molecule has 0 unspecified atom stereocenters. The predicted molar refractivity (Wildman–Crippen MR) is 119 cm³/mol. The summed E-state index contributed by atoms with van der Waals surface area (Å²) in [5.41, 5.74) is 1.23. The summed E-state index contributed by atoms with van der Waals surface area (Å²) in [6.45, 7) is 0. The van der Waals surface area contributed by atoms with E-state index in [0.29, 0.717) is 34.3 Å². The van der Waals surface area contributed by atoms with Crippen LogP contribution in [0.3, 0.4) is 0 Å². The number of phenolic OH excluding ortho intramolecular Hbond substituents is 1. The van der Waals surface area contributed by atoms with Gasteiger partial charge in [0, 0.05) is 15.9 Å². The summed E-state index contributed by atoms with van der Waals surface area (Å²) in [4.78, 5) is 12.5. The molecule has 0 aliphatic heterocycles. The Morgan fingerprint density at radius 3 is 2.54 bits per heavy atom. The molecule has 0 aliphatic rings. The molecule has 0 heterocycles. The van der Waals surface area contributed by atoms with Gasteiger partial charge in [0.1, 0.15) is 17.2 Å². The van der Waals surface area contributed by atoms with Crippen molar-refractivity contribution in [2.45, 2.75) is 19.3 Å². The first-order chi connectivity index (χ1) is 13.4. The SMILES string of the molecule is O=C(CCCc1cc(Cl)ccc1Oc1ccccc1)c1cc(Br)cc(Br)c1O. The molecule has 144 valence electrons. The molecule has 3 aromatic rings. The second kappa shape index (κ2) is 9.59. The van der Waals surface area contributed by atoms with Crippen LogP contribution in [-0.4, -0.2) is 10.9 Å². The number of aromatic hydroxyl groups is 1. The normalized spacial score (nSPS) is 10.7. The number of aryl methyl sites for hydroxylation is 1. The zero-order chi connectivity index (χ0) is 20.1. The Morgan fingerprint density at radius 1 is 1.04 bits per heavy atom. The van der Waals surface area contributed by atoms with Crippen LogP contribution in [0.2, 0.25) is 5.02 Å². The van der Waals surface area contributed by atoms with Gasteiger partial charge in [-0.25, -0.2) is 0 Å². The van der Waals surface area contributed by atoms with E-state index in [0.717, 1.165) is 21.5 Å². The van der Waals surface area contributed by atoms with Gasteiger partial charge in [-0.1, -0.05) is 45.7 Å². The van der Waals surface area contributed by atoms with E-state index >= 15 is 0 Å². The molecule has 0 aliphatic carbocycles. The van der Waals surface area contributed by atoms with E-state index in [-0.39, 0.29) is 11.5 Å². The molecule has 0 bridgehead atoms. The zero-order valence-electron chi connectivity index (χ0n) is 14.8. The Bertz CT molecular complexity index is 991. The van der Waals surface area contributed by atoms with Gasteiger partial charge in [0.15, 0.2) is 5.78 Å². The molecule has 0 aromatic heterocycles. The van der Waals surface area contributed by atoms with Crippen molar-refractivity contribution in [2.75, 3.05) is 0 Å².